The molecule has 150 valence electrons. The molecule has 1 saturated heterocycles. The Bertz CT molecular complexity index is 1030. The Morgan fingerprint density at radius 2 is 1.83 bits per heavy atom. The average molecular weight is 469 g/mol. The van der Waals surface area contributed by atoms with Crippen LogP contribution in [-0.2, 0) is 0 Å². The first-order valence-electron chi connectivity index (χ1n) is 9.83. The van der Waals surface area contributed by atoms with E-state index in [4.69, 9.17) is 12.2 Å². The van der Waals surface area contributed by atoms with Gasteiger partial charge in [-0.2, -0.15) is 0 Å². The normalized spacial score (nSPS) is 19.1. The number of aryl methyl sites for hydroxylation is 1. The third-order valence-corrected chi connectivity index (χ3v) is 6.42. The zero-order valence-electron chi connectivity index (χ0n) is 17.1. The minimum Gasteiger partial charge on any atom is -0.352 e. The highest BCUT2D eigenvalue weighted by molar-refractivity contribution is 9.10. The van der Waals surface area contributed by atoms with E-state index in [1.54, 1.807) is 0 Å². The molecule has 6 heteroatoms. The number of pyridine rings is 1. The number of benzene rings is 1. The van der Waals surface area contributed by atoms with Crippen LogP contribution in [0.3, 0.4) is 0 Å². The van der Waals surface area contributed by atoms with Crippen LogP contribution in [0.25, 0.3) is 5.69 Å². The average Bonchev–Trinajstić information content (AvgIpc) is 3.19. The van der Waals surface area contributed by atoms with Crippen LogP contribution in [0.4, 0.5) is 0 Å². The molecular weight excluding hydrogens is 444 g/mol. The van der Waals surface area contributed by atoms with Crippen molar-refractivity contribution in [2.45, 2.75) is 45.8 Å². The van der Waals surface area contributed by atoms with Crippen LogP contribution in [0, 0.1) is 13.8 Å². The predicted octanol–water partition coefficient (Wildman–Crippen LogP) is 5.63. The molecule has 3 aromatic rings. The van der Waals surface area contributed by atoms with E-state index < -0.39 is 0 Å². The van der Waals surface area contributed by atoms with Gasteiger partial charge in [-0.05, 0) is 87.9 Å². The van der Waals surface area contributed by atoms with Gasteiger partial charge in [-0.15, -0.1) is 0 Å². The maximum absolute atomic E-state index is 5.74. The molecule has 0 unspecified atom stereocenters. The van der Waals surface area contributed by atoms with Crippen molar-refractivity contribution in [2.75, 3.05) is 0 Å². The van der Waals surface area contributed by atoms with Crippen LogP contribution < -0.4 is 5.32 Å². The molecule has 0 bridgehead atoms. The second-order valence-corrected chi connectivity index (χ2v) is 9.07. The van der Waals surface area contributed by atoms with Crippen molar-refractivity contribution in [3.8, 4) is 5.69 Å². The highest BCUT2D eigenvalue weighted by Crippen LogP contribution is 2.42. The Labute approximate surface area is 186 Å². The van der Waals surface area contributed by atoms with Crippen molar-refractivity contribution in [1.82, 2.24) is 19.8 Å². The van der Waals surface area contributed by atoms with Crippen LogP contribution in [0.1, 0.15) is 48.6 Å². The van der Waals surface area contributed by atoms with Gasteiger partial charge in [-0.1, -0.05) is 22.0 Å². The van der Waals surface area contributed by atoms with E-state index in [9.17, 15) is 0 Å². The molecule has 0 spiro atoms. The van der Waals surface area contributed by atoms with Gasteiger partial charge >= 0.3 is 0 Å². The highest BCUT2D eigenvalue weighted by atomic mass is 79.9. The Morgan fingerprint density at radius 1 is 1.10 bits per heavy atom. The Kier molecular flexibility index (Phi) is 5.49. The molecule has 1 aliphatic heterocycles. The van der Waals surface area contributed by atoms with E-state index in [-0.39, 0.29) is 18.1 Å². The lowest BCUT2D eigenvalue weighted by atomic mass is 9.96. The number of nitrogens with one attached hydrogen (secondary N) is 1. The third kappa shape index (κ3) is 3.60. The molecule has 4 rings (SSSR count). The van der Waals surface area contributed by atoms with Gasteiger partial charge in [0, 0.05) is 33.8 Å². The summed E-state index contributed by atoms with van der Waals surface area (Å²) in [5, 5.41) is 4.32. The second-order valence-electron chi connectivity index (χ2n) is 7.77. The molecular formula is C23H25BrN4S. The zero-order valence-corrected chi connectivity index (χ0v) is 19.5. The van der Waals surface area contributed by atoms with Crippen molar-refractivity contribution in [1.29, 1.82) is 0 Å². The van der Waals surface area contributed by atoms with E-state index in [1.807, 2.05) is 18.3 Å². The van der Waals surface area contributed by atoms with Crippen LogP contribution in [0.5, 0.6) is 0 Å². The first kappa shape index (κ1) is 20.1. The lowest BCUT2D eigenvalue weighted by Crippen LogP contribution is -2.35. The number of nitrogens with zero attached hydrogens (tertiary/aromatic N) is 3. The molecule has 1 aliphatic rings. The van der Waals surface area contributed by atoms with Crippen LogP contribution in [0.2, 0.25) is 0 Å². The Balaban J connectivity index is 1.85. The van der Waals surface area contributed by atoms with Crippen LogP contribution in [0.15, 0.2) is 59.2 Å². The summed E-state index contributed by atoms with van der Waals surface area (Å²) in [7, 11) is 0. The molecule has 1 N–H and O–H groups in total. The third-order valence-electron chi connectivity index (χ3n) is 5.57. The molecule has 0 aliphatic carbocycles. The van der Waals surface area contributed by atoms with Gasteiger partial charge in [0.2, 0.25) is 0 Å². The summed E-state index contributed by atoms with van der Waals surface area (Å²) in [6.07, 6.45) is 1.85. The smallest absolute Gasteiger partial charge is 0.170 e. The number of aromatic nitrogens is 2. The highest BCUT2D eigenvalue weighted by Gasteiger charge is 2.42. The summed E-state index contributed by atoms with van der Waals surface area (Å²) < 4.78 is 3.40. The molecule has 0 amide bonds. The molecule has 4 nitrogen and oxygen atoms in total. The molecule has 0 saturated carbocycles. The summed E-state index contributed by atoms with van der Waals surface area (Å²) in [5.41, 5.74) is 5.89. The lowest BCUT2D eigenvalue weighted by molar-refractivity contribution is 0.269. The van der Waals surface area contributed by atoms with E-state index in [2.05, 4.69) is 99.8 Å². The van der Waals surface area contributed by atoms with Crippen molar-refractivity contribution in [2.24, 2.45) is 0 Å². The van der Waals surface area contributed by atoms with Crippen molar-refractivity contribution < 1.29 is 0 Å². The van der Waals surface area contributed by atoms with Crippen molar-refractivity contribution in [3.05, 3.63) is 81.8 Å². The minimum atomic E-state index is 0.0185. The fourth-order valence-electron chi connectivity index (χ4n) is 4.33. The summed E-state index contributed by atoms with van der Waals surface area (Å²) in [6, 6.07) is 17.2. The zero-order chi connectivity index (χ0) is 20.7. The number of rotatable bonds is 4. The molecule has 0 radical (unpaired) electrons. The van der Waals surface area contributed by atoms with Gasteiger partial charge in [-0.3, -0.25) is 4.98 Å². The van der Waals surface area contributed by atoms with E-state index in [0.717, 1.165) is 21.0 Å². The number of thiocarbonyl (C=S) groups is 1. The molecule has 29 heavy (non-hydrogen) atoms. The predicted molar refractivity (Wildman–Crippen MR) is 125 cm³/mol. The SMILES string of the molecule is Cc1cc([C@H]2[C@H](c3ccccn3)NC(=S)N2C(C)C)c(C)n1-c1ccc(Br)cc1. The number of hydrogen-bond acceptors (Lipinski definition) is 2. The van der Waals surface area contributed by atoms with Gasteiger partial charge in [0.05, 0.1) is 17.8 Å². The van der Waals surface area contributed by atoms with Crippen molar-refractivity contribution >= 4 is 33.3 Å². The van der Waals surface area contributed by atoms with Gasteiger partial charge < -0.3 is 14.8 Å². The number of halogens is 1. The first-order valence-corrected chi connectivity index (χ1v) is 11.0. The summed E-state index contributed by atoms with van der Waals surface area (Å²) in [5.74, 6) is 0. The molecule has 2 atom stereocenters. The summed E-state index contributed by atoms with van der Waals surface area (Å²) >= 11 is 9.27. The molecule has 1 fully saturated rings. The van der Waals surface area contributed by atoms with Gasteiger partial charge in [0.15, 0.2) is 5.11 Å². The fraction of sp³-hybridized carbons (Fsp3) is 0.304. The molecule has 1 aromatic carbocycles. The van der Waals surface area contributed by atoms with Crippen LogP contribution in [-0.4, -0.2) is 25.6 Å². The lowest BCUT2D eigenvalue weighted by Gasteiger charge is -2.31. The van der Waals surface area contributed by atoms with E-state index in [0.29, 0.717) is 0 Å². The molecule has 2 aromatic heterocycles. The molecule has 3 heterocycles. The minimum absolute atomic E-state index is 0.0185. The van der Waals surface area contributed by atoms with Gasteiger partial charge in [0.1, 0.15) is 0 Å². The topological polar surface area (TPSA) is 33.1 Å². The monoisotopic (exact) mass is 468 g/mol. The van der Waals surface area contributed by atoms with Gasteiger partial charge in [0.25, 0.3) is 0 Å². The Morgan fingerprint density at radius 3 is 2.45 bits per heavy atom. The second kappa shape index (κ2) is 7.92. The Hall–Kier alpha value is -2.18. The maximum Gasteiger partial charge on any atom is 0.170 e. The summed E-state index contributed by atoms with van der Waals surface area (Å²) in [4.78, 5) is 6.94. The van der Waals surface area contributed by atoms with Gasteiger partial charge in [-0.25, -0.2) is 0 Å². The summed E-state index contributed by atoms with van der Waals surface area (Å²) in [6.45, 7) is 8.74. The largest absolute Gasteiger partial charge is 0.352 e. The maximum atomic E-state index is 5.74. The fourth-order valence-corrected chi connectivity index (χ4v) is 5.04. The van der Waals surface area contributed by atoms with E-state index in [1.165, 1.54) is 17.0 Å². The quantitative estimate of drug-likeness (QED) is 0.502. The van der Waals surface area contributed by atoms with E-state index >= 15 is 0 Å². The van der Waals surface area contributed by atoms with Crippen LogP contribution >= 0.6 is 28.1 Å². The number of hydrogen-bond donors (Lipinski definition) is 1. The first-order chi connectivity index (χ1) is 13.9. The standard InChI is InChI=1S/C23H25BrN4S/c1-14(2)27-22(21(26-23(27)29)20-7-5-6-12-25-20)19-13-15(3)28(16(19)4)18-10-8-17(24)9-11-18/h5-14,21-22H,1-4H3,(H,26,29)/t21-,22-/m0/s1. The van der Waals surface area contributed by atoms with Crippen molar-refractivity contribution in [3.63, 3.8) is 0 Å².